The first-order valence-electron chi connectivity index (χ1n) is 5.62. The molecule has 1 heterocycles. The highest BCUT2D eigenvalue weighted by atomic mass is 16.5. The lowest BCUT2D eigenvalue weighted by Gasteiger charge is -2.02. The predicted octanol–water partition coefficient (Wildman–Crippen LogP) is 2.14. The fourth-order valence-electron chi connectivity index (χ4n) is 1.72. The Morgan fingerprint density at radius 3 is 2.50 bits per heavy atom. The Bertz CT molecular complexity index is 558. The molecule has 0 aliphatic heterocycles. The molecule has 0 aliphatic carbocycles. The molecule has 0 amide bonds. The molecule has 1 N–H and O–H groups in total. The number of methoxy groups -OCH3 is 1. The number of aromatic carboxylic acids is 1. The average Bonchev–Trinajstić information content (AvgIpc) is 2.83. The summed E-state index contributed by atoms with van der Waals surface area (Å²) in [7, 11) is 1.60. The van der Waals surface area contributed by atoms with Gasteiger partial charge in [-0.15, -0.1) is 0 Å². The van der Waals surface area contributed by atoms with Crippen molar-refractivity contribution in [1.29, 1.82) is 0 Å². The van der Waals surface area contributed by atoms with Gasteiger partial charge in [0.15, 0.2) is 0 Å². The molecule has 0 aliphatic rings. The monoisotopic (exact) mass is 246 g/mol. The minimum atomic E-state index is -0.952. The Balaban J connectivity index is 2.40. The van der Waals surface area contributed by atoms with E-state index in [-0.39, 0.29) is 5.56 Å². The van der Waals surface area contributed by atoms with Gasteiger partial charge in [-0.2, -0.15) is 5.10 Å². The van der Waals surface area contributed by atoms with Crippen molar-refractivity contribution >= 4 is 5.97 Å². The standard InChI is InChI=1S/C13H14N2O3/c1-3-12-11(13(16)17)8-15(14-12)9-4-6-10(18-2)7-5-9/h4-8H,3H2,1-2H3,(H,16,17). The van der Waals surface area contributed by atoms with E-state index >= 15 is 0 Å². The molecule has 2 rings (SSSR count). The molecule has 0 spiro atoms. The zero-order valence-corrected chi connectivity index (χ0v) is 10.3. The van der Waals surface area contributed by atoms with E-state index in [1.54, 1.807) is 11.8 Å². The van der Waals surface area contributed by atoms with Crippen molar-refractivity contribution in [2.75, 3.05) is 7.11 Å². The van der Waals surface area contributed by atoms with Crippen LogP contribution in [0.25, 0.3) is 5.69 Å². The number of carbonyl (C=O) groups is 1. The largest absolute Gasteiger partial charge is 0.497 e. The maximum atomic E-state index is 11.1. The molecule has 0 atom stereocenters. The molecule has 5 nitrogen and oxygen atoms in total. The van der Waals surface area contributed by atoms with E-state index in [2.05, 4.69) is 5.10 Å². The first-order chi connectivity index (χ1) is 8.65. The fraction of sp³-hybridized carbons (Fsp3) is 0.231. The molecule has 0 fully saturated rings. The molecular weight excluding hydrogens is 232 g/mol. The van der Waals surface area contributed by atoms with E-state index in [1.807, 2.05) is 31.2 Å². The number of aryl methyl sites for hydroxylation is 1. The summed E-state index contributed by atoms with van der Waals surface area (Å²) in [5, 5.41) is 13.3. The first kappa shape index (κ1) is 12.2. The number of ether oxygens (including phenoxy) is 1. The second kappa shape index (κ2) is 4.91. The number of rotatable bonds is 4. The van der Waals surface area contributed by atoms with E-state index < -0.39 is 5.97 Å². The van der Waals surface area contributed by atoms with E-state index in [4.69, 9.17) is 9.84 Å². The van der Waals surface area contributed by atoms with Gasteiger partial charge < -0.3 is 9.84 Å². The third-order valence-electron chi connectivity index (χ3n) is 2.69. The Kier molecular flexibility index (Phi) is 3.32. The number of hydrogen-bond donors (Lipinski definition) is 1. The number of carboxylic acid groups (broad SMARTS) is 1. The first-order valence-corrected chi connectivity index (χ1v) is 5.62. The zero-order chi connectivity index (χ0) is 13.1. The SMILES string of the molecule is CCc1nn(-c2ccc(OC)cc2)cc1C(=O)O. The van der Waals surface area contributed by atoms with E-state index in [9.17, 15) is 4.79 Å². The number of nitrogens with zero attached hydrogens (tertiary/aromatic N) is 2. The maximum Gasteiger partial charge on any atom is 0.339 e. The quantitative estimate of drug-likeness (QED) is 0.897. The van der Waals surface area contributed by atoms with Gasteiger partial charge in [0.05, 0.1) is 18.5 Å². The minimum absolute atomic E-state index is 0.244. The molecule has 94 valence electrons. The molecule has 1 aromatic heterocycles. The summed E-state index contributed by atoms with van der Waals surface area (Å²) in [6.45, 7) is 1.88. The second-order valence-electron chi connectivity index (χ2n) is 3.79. The van der Waals surface area contributed by atoms with Gasteiger partial charge in [0.25, 0.3) is 0 Å². The van der Waals surface area contributed by atoms with Gasteiger partial charge in [-0.25, -0.2) is 9.48 Å². The number of hydrogen-bond acceptors (Lipinski definition) is 3. The molecule has 0 radical (unpaired) electrons. The second-order valence-corrected chi connectivity index (χ2v) is 3.79. The van der Waals surface area contributed by atoms with Crippen LogP contribution < -0.4 is 4.74 Å². The van der Waals surface area contributed by atoms with Gasteiger partial charge in [-0.05, 0) is 30.7 Å². The van der Waals surface area contributed by atoms with Crippen LogP contribution in [0.1, 0.15) is 23.0 Å². The zero-order valence-electron chi connectivity index (χ0n) is 10.3. The van der Waals surface area contributed by atoms with Gasteiger partial charge in [0, 0.05) is 6.20 Å². The summed E-state index contributed by atoms with van der Waals surface area (Å²) in [4.78, 5) is 11.1. The minimum Gasteiger partial charge on any atom is -0.497 e. The summed E-state index contributed by atoms with van der Waals surface area (Å²) in [6.07, 6.45) is 2.12. The van der Waals surface area contributed by atoms with Crippen LogP contribution in [0.2, 0.25) is 0 Å². The number of carboxylic acids is 1. The van der Waals surface area contributed by atoms with Gasteiger partial charge in [0.2, 0.25) is 0 Å². The average molecular weight is 246 g/mol. The van der Waals surface area contributed by atoms with Crippen LogP contribution >= 0.6 is 0 Å². The summed E-state index contributed by atoms with van der Waals surface area (Å²) < 4.78 is 6.64. The number of aromatic nitrogens is 2. The molecule has 0 unspecified atom stereocenters. The summed E-state index contributed by atoms with van der Waals surface area (Å²) in [5.41, 5.74) is 1.63. The van der Waals surface area contributed by atoms with E-state index in [0.29, 0.717) is 12.1 Å². The highest BCUT2D eigenvalue weighted by Gasteiger charge is 2.14. The predicted molar refractivity (Wildman–Crippen MR) is 66.5 cm³/mol. The van der Waals surface area contributed by atoms with Crippen molar-refractivity contribution in [3.8, 4) is 11.4 Å². The molecule has 1 aromatic carbocycles. The van der Waals surface area contributed by atoms with Gasteiger partial charge in [0.1, 0.15) is 11.3 Å². The molecule has 2 aromatic rings. The lowest BCUT2D eigenvalue weighted by atomic mass is 10.2. The van der Waals surface area contributed by atoms with E-state index in [1.165, 1.54) is 6.20 Å². The molecule has 5 heteroatoms. The van der Waals surface area contributed by atoms with Gasteiger partial charge in [-0.1, -0.05) is 6.92 Å². The summed E-state index contributed by atoms with van der Waals surface area (Å²) >= 11 is 0. The van der Waals surface area contributed by atoms with Crippen LogP contribution in [0, 0.1) is 0 Å². The maximum absolute atomic E-state index is 11.1. The van der Waals surface area contributed by atoms with Crippen LogP contribution in [0.5, 0.6) is 5.75 Å². The third-order valence-corrected chi connectivity index (χ3v) is 2.69. The smallest absolute Gasteiger partial charge is 0.339 e. The lowest BCUT2D eigenvalue weighted by Crippen LogP contribution is -1.98. The van der Waals surface area contributed by atoms with Crippen LogP contribution in [0.15, 0.2) is 30.5 Å². The normalized spacial score (nSPS) is 10.3. The molecule has 18 heavy (non-hydrogen) atoms. The van der Waals surface area contributed by atoms with Crippen LogP contribution in [-0.2, 0) is 6.42 Å². The summed E-state index contributed by atoms with van der Waals surface area (Å²) in [6, 6.07) is 7.28. The van der Waals surface area contributed by atoms with Gasteiger partial charge >= 0.3 is 5.97 Å². The van der Waals surface area contributed by atoms with Crippen molar-refractivity contribution in [2.45, 2.75) is 13.3 Å². The van der Waals surface area contributed by atoms with Crippen LogP contribution in [0.3, 0.4) is 0 Å². The molecule has 0 bridgehead atoms. The van der Waals surface area contributed by atoms with Crippen LogP contribution in [0.4, 0.5) is 0 Å². The van der Waals surface area contributed by atoms with Crippen molar-refractivity contribution in [3.05, 3.63) is 41.7 Å². The van der Waals surface area contributed by atoms with Crippen molar-refractivity contribution in [1.82, 2.24) is 9.78 Å². The molecule has 0 saturated heterocycles. The molecular formula is C13H14N2O3. The van der Waals surface area contributed by atoms with Crippen molar-refractivity contribution in [3.63, 3.8) is 0 Å². The Hall–Kier alpha value is -2.30. The molecule has 0 saturated carbocycles. The lowest BCUT2D eigenvalue weighted by molar-refractivity contribution is 0.0695. The van der Waals surface area contributed by atoms with Crippen molar-refractivity contribution in [2.24, 2.45) is 0 Å². The third kappa shape index (κ3) is 2.20. The topological polar surface area (TPSA) is 64.4 Å². The highest BCUT2D eigenvalue weighted by Crippen LogP contribution is 2.16. The van der Waals surface area contributed by atoms with Gasteiger partial charge in [-0.3, -0.25) is 0 Å². The number of benzene rings is 1. The van der Waals surface area contributed by atoms with Crippen molar-refractivity contribution < 1.29 is 14.6 Å². The fourth-order valence-corrected chi connectivity index (χ4v) is 1.72. The van der Waals surface area contributed by atoms with Crippen LogP contribution in [-0.4, -0.2) is 28.0 Å². The summed E-state index contributed by atoms with van der Waals surface area (Å²) in [5.74, 6) is -0.202. The Morgan fingerprint density at radius 2 is 2.06 bits per heavy atom. The Morgan fingerprint density at radius 1 is 1.39 bits per heavy atom. The Labute approximate surface area is 105 Å². The van der Waals surface area contributed by atoms with E-state index in [0.717, 1.165) is 11.4 Å². The highest BCUT2D eigenvalue weighted by molar-refractivity contribution is 5.88.